The maximum absolute atomic E-state index is 12.8. The van der Waals surface area contributed by atoms with Gasteiger partial charge in [-0.2, -0.15) is 4.31 Å². The fourth-order valence-corrected chi connectivity index (χ4v) is 5.48. The molecule has 0 aliphatic carbocycles. The zero-order valence-electron chi connectivity index (χ0n) is 16.0. The molecule has 2 aromatic heterocycles. The second-order valence-corrected chi connectivity index (χ2v) is 9.35. The molecule has 0 spiro atoms. The van der Waals surface area contributed by atoms with Crippen molar-refractivity contribution < 1.29 is 18.3 Å². The largest absolute Gasteiger partial charge is 0.478 e. The lowest BCUT2D eigenvalue weighted by atomic mass is 10.1. The van der Waals surface area contributed by atoms with E-state index in [0.717, 1.165) is 11.3 Å². The number of carboxylic acid groups (broad SMARTS) is 1. The first kappa shape index (κ1) is 20.4. The summed E-state index contributed by atoms with van der Waals surface area (Å²) < 4.78 is 26.9. The van der Waals surface area contributed by atoms with Crippen LogP contribution >= 0.6 is 11.3 Å². The number of carbonyl (C=O) groups is 1. The van der Waals surface area contributed by atoms with Gasteiger partial charge in [-0.1, -0.05) is 20.8 Å². The molecule has 3 rings (SSSR count). The number of hydrogen-bond acceptors (Lipinski definition) is 5. The predicted octanol–water partition coefficient (Wildman–Crippen LogP) is 4.25. The fourth-order valence-electron chi connectivity index (χ4n) is 3.09. The van der Waals surface area contributed by atoms with E-state index in [1.807, 2.05) is 12.1 Å². The molecule has 1 aromatic carbocycles. The number of rotatable bonds is 7. The van der Waals surface area contributed by atoms with Crippen molar-refractivity contribution >= 4 is 38.2 Å². The zero-order valence-corrected chi connectivity index (χ0v) is 17.6. The molecule has 3 aromatic rings. The van der Waals surface area contributed by atoms with E-state index in [1.54, 1.807) is 31.3 Å². The number of hydrogen-bond donors (Lipinski definition) is 1. The number of pyridine rings is 1. The fraction of sp³-hybridized carbons (Fsp3) is 0.300. The standard InChI is InChI=1S/C20H22N2O4S2/c1-4-13-7-10-19(27-13)18-12-16(20(23)24)15-11-14(8-9-17(15)21-18)28(25,26)22(5-2)6-3/h7-12H,4-6H2,1-3H3,(H,23,24). The Morgan fingerprint density at radius 2 is 1.82 bits per heavy atom. The van der Waals surface area contributed by atoms with Gasteiger partial charge in [0.1, 0.15) is 0 Å². The van der Waals surface area contributed by atoms with E-state index < -0.39 is 16.0 Å². The molecule has 0 saturated carbocycles. The molecular formula is C20H22N2O4S2. The second kappa shape index (κ2) is 7.98. The Balaban J connectivity index is 2.20. The van der Waals surface area contributed by atoms with Crippen molar-refractivity contribution in [2.75, 3.05) is 13.1 Å². The van der Waals surface area contributed by atoms with Crippen LogP contribution in [0.5, 0.6) is 0 Å². The minimum atomic E-state index is -3.68. The Labute approximate surface area is 168 Å². The third-order valence-corrected chi connectivity index (χ3v) is 7.91. The number of sulfonamides is 1. The van der Waals surface area contributed by atoms with E-state index >= 15 is 0 Å². The maximum atomic E-state index is 12.8. The van der Waals surface area contributed by atoms with E-state index in [1.165, 1.54) is 27.4 Å². The number of aryl methyl sites for hydroxylation is 1. The summed E-state index contributed by atoms with van der Waals surface area (Å²) in [5.41, 5.74) is 1.08. The Morgan fingerprint density at radius 3 is 2.39 bits per heavy atom. The molecule has 0 amide bonds. The van der Waals surface area contributed by atoms with Gasteiger partial charge in [0.15, 0.2) is 0 Å². The number of aromatic nitrogens is 1. The van der Waals surface area contributed by atoms with E-state index in [0.29, 0.717) is 29.7 Å². The number of thiophene rings is 1. The number of fused-ring (bicyclic) bond motifs is 1. The van der Waals surface area contributed by atoms with Gasteiger partial charge in [-0.05, 0) is 42.8 Å². The SMILES string of the molecule is CCc1ccc(-c2cc(C(=O)O)c3cc(S(=O)(=O)N(CC)CC)ccc3n2)s1. The van der Waals surface area contributed by atoms with Gasteiger partial charge >= 0.3 is 5.97 Å². The third-order valence-electron chi connectivity index (χ3n) is 4.62. The first-order valence-electron chi connectivity index (χ1n) is 9.09. The zero-order chi connectivity index (χ0) is 20.5. The van der Waals surface area contributed by atoms with Crippen molar-refractivity contribution in [2.45, 2.75) is 32.1 Å². The van der Waals surface area contributed by atoms with Crippen molar-refractivity contribution in [1.29, 1.82) is 0 Å². The maximum Gasteiger partial charge on any atom is 0.336 e. The van der Waals surface area contributed by atoms with Crippen LogP contribution in [0, 0.1) is 0 Å². The lowest BCUT2D eigenvalue weighted by Gasteiger charge is -2.18. The second-order valence-electron chi connectivity index (χ2n) is 6.25. The third kappa shape index (κ3) is 3.67. The highest BCUT2D eigenvalue weighted by molar-refractivity contribution is 7.89. The molecular weight excluding hydrogens is 396 g/mol. The smallest absolute Gasteiger partial charge is 0.336 e. The Morgan fingerprint density at radius 1 is 1.11 bits per heavy atom. The van der Waals surface area contributed by atoms with Gasteiger partial charge in [0, 0.05) is 23.4 Å². The van der Waals surface area contributed by atoms with Crippen LogP contribution in [0.3, 0.4) is 0 Å². The molecule has 6 nitrogen and oxygen atoms in total. The summed E-state index contributed by atoms with van der Waals surface area (Å²) in [6.45, 7) is 6.29. The highest BCUT2D eigenvalue weighted by atomic mass is 32.2. The first-order chi connectivity index (χ1) is 13.3. The van der Waals surface area contributed by atoms with Crippen molar-refractivity contribution in [3.8, 4) is 10.6 Å². The van der Waals surface area contributed by atoms with Crippen molar-refractivity contribution in [3.63, 3.8) is 0 Å². The highest BCUT2D eigenvalue weighted by Crippen LogP contribution is 2.31. The van der Waals surface area contributed by atoms with Crippen molar-refractivity contribution in [3.05, 3.63) is 46.8 Å². The van der Waals surface area contributed by atoms with Gasteiger partial charge in [0.2, 0.25) is 10.0 Å². The first-order valence-corrected chi connectivity index (χ1v) is 11.3. The van der Waals surface area contributed by atoms with Crippen molar-refractivity contribution in [1.82, 2.24) is 9.29 Å². The van der Waals surface area contributed by atoms with Crippen LogP contribution in [0.2, 0.25) is 0 Å². The van der Waals surface area contributed by atoms with Crippen LogP contribution in [0.25, 0.3) is 21.5 Å². The Kier molecular flexibility index (Phi) is 5.83. The van der Waals surface area contributed by atoms with E-state index in [4.69, 9.17) is 0 Å². The monoisotopic (exact) mass is 418 g/mol. The Hall–Kier alpha value is -2.29. The van der Waals surface area contributed by atoms with Crippen LogP contribution in [-0.2, 0) is 16.4 Å². The molecule has 0 aliphatic rings. The molecule has 0 fully saturated rings. The molecule has 0 aliphatic heterocycles. The van der Waals surface area contributed by atoms with Gasteiger partial charge in [-0.3, -0.25) is 0 Å². The lowest BCUT2D eigenvalue weighted by Crippen LogP contribution is -2.30. The molecule has 0 bridgehead atoms. The van der Waals surface area contributed by atoms with Crippen molar-refractivity contribution in [2.24, 2.45) is 0 Å². The van der Waals surface area contributed by atoms with Gasteiger partial charge in [0.05, 0.1) is 26.5 Å². The number of benzene rings is 1. The summed E-state index contributed by atoms with van der Waals surface area (Å²) in [6.07, 6.45) is 0.899. The number of carboxylic acids is 1. The molecule has 0 radical (unpaired) electrons. The summed E-state index contributed by atoms with van der Waals surface area (Å²) >= 11 is 1.57. The van der Waals surface area contributed by atoms with E-state index in [9.17, 15) is 18.3 Å². The van der Waals surface area contributed by atoms with Gasteiger partial charge in [0.25, 0.3) is 0 Å². The summed E-state index contributed by atoms with van der Waals surface area (Å²) in [7, 11) is -3.68. The van der Waals surface area contributed by atoms with Crippen LogP contribution in [-0.4, -0.2) is 41.9 Å². The molecule has 0 unspecified atom stereocenters. The summed E-state index contributed by atoms with van der Waals surface area (Å²) in [5, 5.41) is 10.0. The topological polar surface area (TPSA) is 87.6 Å². The average Bonchev–Trinajstić information content (AvgIpc) is 3.16. The minimum Gasteiger partial charge on any atom is -0.478 e. The number of nitrogens with zero attached hydrogens (tertiary/aromatic N) is 2. The van der Waals surface area contributed by atoms with Gasteiger partial charge in [-0.25, -0.2) is 18.2 Å². The lowest BCUT2D eigenvalue weighted by molar-refractivity contribution is 0.0699. The van der Waals surface area contributed by atoms with E-state index in [-0.39, 0.29) is 10.5 Å². The van der Waals surface area contributed by atoms with E-state index in [2.05, 4.69) is 11.9 Å². The van der Waals surface area contributed by atoms with Crippen LogP contribution in [0.1, 0.15) is 36.0 Å². The Bertz CT molecular complexity index is 1130. The molecule has 0 atom stereocenters. The molecule has 28 heavy (non-hydrogen) atoms. The number of aromatic carboxylic acids is 1. The van der Waals surface area contributed by atoms with Crippen LogP contribution < -0.4 is 0 Å². The minimum absolute atomic E-state index is 0.0445. The van der Waals surface area contributed by atoms with Gasteiger partial charge in [-0.15, -0.1) is 11.3 Å². The van der Waals surface area contributed by atoms with Crippen LogP contribution in [0.15, 0.2) is 41.3 Å². The van der Waals surface area contributed by atoms with Crippen LogP contribution in [0.4, 0.5) is 0 Å². The average molecular weight is 419 g/mol. The molecule has 1 N–H and O–H groups in total. The van der Waals surface area contributed by atoms with Gasteiger partial charge < -0.3 is 5.11 Å². The quantitative estimate of drug-likeness (QED) is 0.620. The summed E-state index contributed by atoms with van der Waals surface area (Å²) in [4.78, 5) is 18.6. The normalized spacial score (nSPS) is 12.0. The molecule has 2 heterocycles. The summed E-state index contributed by atoms with van der Waals surface area (Å²) in [5.74, 6) is -1.11. The molecule has 148 valence electrons. The predicted molar refractivity (Wildman–Crippen MR) is 112 cm³/mol. The summed E-state index contributed by atoms with van der Waals surface area (Å²) in [6, 6.07) is 9.94. The molecule has 8 heteroatoms. The molecule has 0 saturated heterocycles. The highest BCUT2D eigenvalue weighted by Gasteiger charge is 2.23.